The third-order valence-corrected chi connectivity index (χ3v) is 10.2. The quantitative estimate of drug-likeness (QED) is 0.0982. The largest absolute Gasteiger partial charge is 0.500 e. The number of rotatable bonds is 16. The zero-order valence-corrected chi connectivity index (χ0v) is 29.8. The smallest absolute Gasteiger partial charge is 0.459 e. The molecule has 0 aromatic carbocycles. The molecule has 1 atom stereocenters. The van der Waals surface area contributed by atoms with Gasteiger partial charge in [0.05, 0.1) is 12.2 Å². The first-order valence-corrected chi connectivity index (χ1v) is 17.3. The number of carbonyl (C=O) groups is 2. The van der Waals surface area contributed by atoms with Gasteiger partial charge in [0.15, 0.2) is 5.92 Å². The molecule has 0 spiro atoms. The summed E-state index contributed by atoms with van der Waals surface area (Å²) in [5.41, 5.74) is -2.43. The van der Waals surface area contributed by atoms with E-state index in [1.54, 1.807) is 62.9 Å². The number of piperidine rings is 1. The highest BCUT2D eigenvalue weighted by Crippen LogP contribution is 2.40. The van der Waals surface area contributed by atoms with Gasteiger partial charge in [0, 0.05) is 38.5 Å². The van der Waals surface area contributed by atoms with Crippen LogP contribution in [0, 0.1) is 5.92 Å². The molecule has 0 aliphatic carbocycles. The molecule has 0 amide bonds. The minimum atomic E-state index is -2.61. The summed E-state index contributed by atoms with van der Waals surface area (Å²) < 4.78 is 27.9. The molecule has 0 aromatic heterocycles. The first kappa shape index (κ1) is 38.9. The normalized spacial score (nSPS) is 19.1. The van der Waals surface area contributed by atoms with Gasteiger partial charge >= 0.3 is 20.7 Å². The van der Waals surface area contributed by atoms with E-state index in [1.807, 2.05) is 32.8 Å². The van der Waals surface area contributed by atoms with E-state index in [4.69, 9.17) is 27.6 Å². The van der Waals surface area contributed by atoms with Crippen molar-refractivity contribution in [1.82, 2.24) is 5.06 Å². The Morgan fingerprint density at radius 1 is 0.810 bits per heavy atom. The molecule has 1 fully saturated rings. The summed E-state index contributed by atoms with van der Waals surface area (Å²) in [5.74, 6) is -2.36. The maximum Gasteiger partial charge on any atom is 0.500 e. The number of ether oxygens (including phenoxy) is 2. The number of unbranched alkanes of at least 4 members (excludes halogenated alkanes) is 3. The average molecular weight is 620 g/mol. The number of aliphatic hydroxyl groups excluding tert-OH is 1. The molecule has 1 aliphatic rings. The third kappa shape index (κ3) is 12.9. The first-order valence-electron chi connectivity index (χ1n) is 15.4. The Bertz CT molecular complexity index is 792. The number of hydroxylamine groups is 2. The van der Waals surface area contributed by atoms with Crippen LogP contribution in [0.25, 0.3) is 0 Å². The molecular formula is C31H61NO9Si. The molecule has 0 aromatic rings. The maximum atomic E-state index is 13.3. The van der Waals surface area contributed by atoms with Crippen LogP contribution in [0.5, 0.6) is 0 Å². The fraction of sp³-hybridized carbons (Fsp3) is 0.935. The molecule has 0 bridgehead atoms. The second kappa shape index (κ2) is 15.8. The maximum absolute atomic E-state index is 13.3. The van der Waals surface area contributed by atoms with Crippen molar-refractivity contribution in [2.45, 2.75) is 161 Å². The lowest BCUT2D eigenvalue weighted by molar-refractivity contribution is -0.317. The van der Waals surface area contributed by atoms with Crippen molar-refractivity contribution < 1.29 is 42.3 Å². The topological polar surface area (TPSA) is 113 Å². The highest BCUT2D eigenvalue weighted by atomic mass is 28.4. The zero-order chi connectivity index (χ0) is 32.6. The number of nitrogens with zero attached hydrogens (tertiary/aromatic N) is 1. The highest BCUT2D eigenvalue weighted by Gasteiger charge is 2.48. The molecule has 0 radical (unpaired) electrons. The van der Waals surface area contributed by atoms with Crippen LogP contribution >= 0.6 is 0 Å². The monoisotopic (exact) mass is 619 g/mol. The second-order valence-electron chi connectivity index (χ2n) is 14.8. The SMILES string of the molecule is CO[Si](CCCCCCC(CC(C(=O)OC(C)(C)C)C(=O)OC(C)(C)C)ON1C(C)(C)CC(O)CC1(C)C)(OC)OC. The van der Waals surface area contributed by atoms with Crippen LogP contribution < -0.4 is 0 Å². The van der Waals surface area contributed by atoms with Gasteiger partial charge in [-0.15, -0.1) is 0 Å². The minimum absolute atomic E-state index is 0.127. The first-order chi connectivity index (χ1) is 19.1. The van der Waals surface area contributed by atoms with Gasteiger partial charge in [-0.2, -0.15) is 5.06 Å². The molecule has 1 saturated heterocycles. The summed E-state index contributed by atoms with van der Waals surface area (Å²) in [6.45, 7) is 18.9. The van der Waals surface area contributed by atoms with Crippen LogP contribution in [-0.2, 0) is 37.2 Å². The third-order valence-electron chi connectivity index (χ3n) is 7.40. The lowest BCUT2D eigenvalue weighted by Gasteiger charge is -2.53. The van der Waals surface area contributed by atoms with E-state index in [0.29, 0.717) is 19.3 Å². The number of hydrogen-bond acceptors (Lipinski definition) is 10. The summed E-state index contributed by atoms with van der Waals surface area (Å²) in [4.78, 5) is 33.4. The van der Waals surface area contributed by atoms with E-state index in [0.717, 1.165) is 31.7 Å². The van der Waals surface area contributed by atoms with Crippen LogP contribution in [0.4, 0.5) is 0 Å². The molecule has 248 valence electrons. The van der Waals surface area contributed by atoms with Crippen LogP contribution in [0.2, 0.25) is 6.04 Å². The fourth-order valence-corrected chi connectivity index (χ4v) is 7.57. The Morgan fingerprint density at radius 2 is 1.24 bits per heavy atom. The van der Waals surface area contributed by atoms with Crippen LogP contribution in [-0.4, -0.2) is 86.7 Å². The number of esters is 2. The van der Waals surface area contributed by atoms with Crippen LogP contribution in [0.3, 0.4) is 0 Å². The van der Waals surface area contributed by atoms with E-state index in [9.17, 15) is 14.7 Å². The summed E-state index contributed by atoms with van der Waals surface area (Å²) in [6.07, 6.45) is 4.58. The predicted molar refractivity (Wildman–Crippen MR) is 165 cm³/mol. The van der Waals surface area contributed by atoms with Gasteiger partial charge in [-0.1, -0.05) is 19.3 Å². The van der Waals surface area contributed by atoms with Gasteiger partial charge < -0.3 is 27.9 Å². The van der Waals surface area contributed by atoms with Crippen LogP contribution in [0.15, 0.2) is 0 Å². The highest BCUT2D eigenvalue weighted by molar-refractivity contribution is 6.60. The Morgan fingerprint density at radius 3 is 1.64 bits per heavy atom. The van der Waals surface area contributed by atoms with Crippen LogP contribution in [0.1, 0.15) is 121 Å². The number of aliphatic hydroxyl groups is 1. The molecule has 11 heteroatoms. The average Bonchev–Trinajstić information content (AvgIpc) is 2.81. The Labute approximate surface area is 256 Å². The standard InChI is InChI=1S/C31H61NO9Si/c1-28(2,3)39-26(34)25(27(35)40-29(4,5)6)20-24(18-16-14-15-17-19-42(36-11,37-12)38-13)41-32-30(7,8)21-23(33)22-31(32,9)10/h23-25,33H,14-22H2,1-13H3. The molecule has 1 heterocycles. The fourth-order valence-electron chi connectivity index (χ4n) is 5.78. The van der Waals surface area contributed by atoms with Gasteiger partial charge in [0.25, 0.3) is 0 Å². The number of hydrogen-bond donors (Lipinski definition) is 1. The molecule has 42 heavy (non-hydrogen) atoms. The minimum Gasteiger partial charge on any atom is -0.459 e. The summed E-state index contributed by atoms with van der Waals surface area (Å²) in [5, 5.41) is 12.5. The van der Waals surface area contributed by atoms with E-state index in [-0.39, 0.29) is 6.42 Å². The van der Waals surface area contributed by atoms with Crippen molar-refractivity contribution >= 4 is 20.7 Å². The van der Waals surface area contributed by atoms with Crippen molar-refractivity contribution in [3.63, 3.8) is 0 Å². The number of carbonyl (C=O) groups excluding carboxylic acids is 2. The molecule has 1 aliphatic heterocycles. The molecule has 1 rings (SSSR count). The van der Waals surface area contributed by atoms with E-state index in [2.05, 4.69) is 0 Å². The lowest BCUT2D eigenvalue weighted by Crippen LogP contribution is -2.62. The van der Waals surface area contributed by atoms with Crippen molar-refractivity contribution in [3.05, 3.63) is 0 Å². The van der Waals surface area contributed by atoms with E-state index >= 15 is 0 Å². The summed E-state index contributed by atoms with van der Waals surface area (Å²) >= 11 is 0. The van der Waals surface area contributed by atoms with Crippen molar-refractivity contribution in [3.8, 4) is 0 Å². The van der Waals surface area contributed by atoms with Gasteiger partial charge in [0.2, 0.25) is 0 Å². The molecule has 1 unspecified atom stereocenters. The van der Waals surface area contributed by atoms with E-state index in [1.165, 1.54) is 0 Å². The molecule has 1 N–H and O–H groups in total. The van der Waals surface area contributed by atoms with Gasteiger partial charge in [-0.05, 0) is 101 Å². The van der Waals surface area contributed by atoms with E-state index < -0.39 is 61.1 Å². The summed E-state index contributed by atoms with van der Waals surface area (Å²) in [7, 11) is 2.25. The molecule has 10 nitrogen and oxygen atoms in total. The molecule has 0 saturated carbocycles. The van der Waals surface area contributed by atoms with Crippen molar-refractivity contribution in [2.24, 2.45) is 5.92 Å². The summed E-state index contributed by atoms with van der Waals surface area (Å²) in [6, 6.07) is 0.730. The lowest BCUT2D eigenvalue weighted by atomic mass is 9.80. The second-order valence-corrected chi connectivity index (χ2v) is 17.9. The van der Waals surface area contributed by atoms with Gasteiger partial charge in [-0.3, -0.25) is 14.4 Å². The van der Waals surface area contributed by atoms with Gasteiger partial charge in [0.1, 0.15) is 11.2 Å². The molecular weight excluding hydrogens is 558 g/mol. The zero-order valence-electron chi connectivity index (χ0n) is 28.8. The van der Waals surface area contributed by atoms with Gasteiger partial charge in [-0.25, -0.2) is 0 Å². The predicted octanol–water partition coefficient (Wildman–Crippen LogP) is 5.82. The Hall–Kier alpha value is -1.08. The Balaban J connectivity index is 3.17. The van der Waals surface area contributed by atoms with Crippen molar-refractivity contribution in [2.75, 3.05) is 21.3 Å². The Kier molecular flexibility index (Phi) is 14.6. The van der Waals surface area contributed by atoms with Crippen molar-refractivity contribution in [1.29, 1.82) is 0 Å².